The van der Waals surface area contributed by atoms with Crippen molar-refractivity contribution in [2.24, 2.45) is 0 Å². The molecule has 0 aliphatic heterocycles. The molecule has 2 heterocycles. The quantitative estimate of drug-likeness (QED) is 0.513. The summed E-state index contributed by atoms with van der Waals surface area (Å²) in [6.07, 6.45) is 4.95. The van der Waals surface area contributed by atoms with E-state index in [4.69, 9.17) is 5.11 Å². The normalized spacial score (nSPS) is 11.0. The highest BCUT2D eigenvalue weighted by atomic mass is 16.4. The predicted octanol–water partition coefficient (Wildman–Crippen LogP) is 3.73. The number of aromatic carboxylic acids is 1. The van der Waals surface area contributed by atoms with Crippen LogP contribution >= 0.6 is 0 Å². The second-order valence-corrected chi connectivity index (χ2v) is 6.38. The Hall–Kier alpha value is -4.18. The highest BCUT2D eigenvalue weighted by Gasteiger charge is 2.14. The van der Waals surface area contributed by atoms with Gasteiger partial charge in [0, 0.05) is 23.3 Å². The zero-order valence-electron chi connectivity index (χ0n) is 15.9. The van der Waals surface area contributed by atoms with Gasteiger partial charge in [-0.15, -0.1) is 0 Å². The summed E-state index contributed by atoms with van der Waals surface area (Å²) in [7, 11) is 0. The van der Waals surface area contributed by atoms with Gasteiger partial charge in [0.05, 0.1) is 17.4 Å². The molecule has 0 fully saturated rings. The summed E-state index contributed by atoms with van der Waals surface area (Å²) in [5.41, 5.74) is 3.69. The molecular formula is C22H18N4O3. The van der Waals surface area contributed by atoms with E-state index in [1.807, 2.05) is 42.7 Å². The molecule has 3 rings (SSSR count). The zero-order chi connectivity index (χ0) is 21.0. The van der Waals surface area contributed by atoms with Crippen molar-refractivity contribution in [2.75, 3.05) is 5.32 Å². The number of hydrogen-bond donors (Lipinski definition) is 2. The lowest BCUT2D eigenvalue weighted by Gasteiger charge is -2.08. The first-order chi connectivity index (χ1) is 13.9. The molecule has 0 radical (unpaired) electrons. The van der Waals surface area contributed by atoms with Gasteiger partial charge in [-0.1, -0.05) is 6.07 Å². The van der Waals surface area contributed by atoms with Gasteiger partial charge in [-0.05, 0) is 61.9 Å². The second kappa shape index (κ2) is 8.23. The van der Waals surface area contributed by atoms with E-state index in [1.165, 1.54) is 24.3 Å². The summed E-state index contributed by atoms with van der Waals surface area (Å²) in [6, 6.07) is 13.4. The van der Waals surface area contributed by atoms with Crippen LogP contribution in [0.25, 0.3) is 11.8 Å². The molecular weight excluding hydrogens is 368 g/mol. The topological polar surface area (TPSA) is 108 Å². The second-order valence-electron chi connectivity index (χ2n) is 6.38. The van der Waals surface area contributed by atoms with Crippen molar-refractivity contribution in [3.63, 3.8) is 0 Å². The van der Waals surface area contributed by atoms with Gasteiger partial charge in [0.2, 0.25) is 0 Å². The highest BCUT2D eigenvalue weighted by molar-refractivity contribution is 6.10. The van der Waals surface area contributed by atoms with Crippen molar-refractivity contribution >= 4 is 23.6 Å². The maximum Gasteiger partial charge on any atom is 0.335 e. The molecule has 7 heteroatoms. The van der Waals surface area contributed by atoms with Crippen LogP contribution in [0.1, 0.15) is 27.3 Å². The van der Waals surface area contributed by atoms with E-state index in [9.17, 15) is 14.9 Å². The lowest BCUT2D eigenvalue weighted by Crippen LogP contribution is -2.14. The van der Waals surface area contributed by atoms with E-state index in [0.29, 0.717) is 5.69 Å². The molecule has 0 saturated carbocycles. The van der Waals surface area contributed by atoms with Crippen LogP contribution < -0.4 is 5.32 Å². The molecule has 2 N–H and O–H groups in total. The molecule has 0 aliphatic rings. The molecule has 144 valence electrons. The van der Waals surface area contributed by atoms with Crippen LogP contribution in [0.5, 0.6) is 0 Å². The summed E-state index contributed by atoms with van der Waals surface area (Å²) < 4.78 is 1.99. The summed E-state index contributed by atoms with van der Waals surface area (Å²) in [5, 5.41) is 21.1. The Morgan fingerprint density at radius 1 is 1.21 bits per heavy atom. The largest absolute Gasteiger partial charge is 0.478 e. The van der Waals surface area contributed by atoms with Crippen molar-refractivity contribution in [1.82, 2.24) is 9.55 Å². The van der Waals surface area contributed by atoms with Gasteiger partial charge < -0.3 is 15.0 Å². The number of nitriles is 1. The van der Waals surface area contributed by atoms with Gasteiger partial charge in [0.1, 0.15) is 11.6 Å². The Kier molecular flexibility index (Phi) is 5.56. The molecule has 7 nitrogen and oxygen atoms in total. The molecule has 0 atom stereocenters. The number of nitrogens with one attached hydrogen (secondary N) is 1. The zero-order valence-corrected chi connectivity index (χ0v) is 15.9. The Bertz CT molecular complexity index is 1150. The number of anilines is 1. The lowest BCUT2D eigenvalue weighted by molar-refractivity contribution is -0.112. The van der Waals surface area contributed by atoms with Crippen molar-refractivity contribution in [3.8, 4) is 11.8 Å². The van der Waals surface area contributed by atoms with Crippen LogP contribution in [0.2, 0.25) is 0 Å². The van der Waals surface area contributed by atoms with E-state index >= 15 is 0 Å². The third-order valence-corrected chi connectivity index (χ3v) is 4.41. The van der Waals surface area contributed by atoms with E-state index < -0.39 is 11.9 Å². The fourth-order valence-electron chi connectivity index (χ4n) is 3.05. The van der Waals surface area contributed by atoms with E-state index in [1.54, 1.807) is 18.5 Å². The minimum atomic E-state index is -1.10. The summed E-state index contributed by atoms with van der Waals surface area (Å²) in [4.78, 5) is 27.7. The van der Waals surface area contributed by atoms with Crippen LogP contribution in [0.3, 0.4) is 0 Å². The Morgan fingerprint density at radius 2 is 2.00 bits per heavy atom. The van der Waals surface area contributed by atoms with Crippen molar-refractivity contribution in [2.45, 2.75) is 13.8 Å². The number of carbonyl (C=O) groups excluding carboxylic acids is 1. The number of amides is 1. The summed E-state index contributed by atoms with van der Waals surface area (Å²) in [6.45, 7) is 3.83. The lowest BCUT2D eigenvalue weighted by atomic mass is 10.1. The van der Waals surface area contributed by atoms with Crippen molar-refractivity contribution in [3.05, 3.63) is 82.9 Å². The number of pyridine rings is 1. The monoisotopic (exact) mass is 386 g/mol. The predicted molar refractivity (Wildman–Crippen MR) is 109 cm³/mol. The fraction of sp³-hybridized carbons (Fsp3) is 0.0909. The van der Waals surface area contributed by atoms with Crippen LogP contribution in [0.4, 0.5) is 5.69 Å². The Balaban J connectivity index is 1.91. The number of aryl methyl sites for hydroxylation is 1. The van der Waals surface area contributed by atoms with Gasteiger partial charge in [-0.25, -0.2) is 4.79 Å². The molecule has 0 spiro atoms. The highest BCUT2D eigenvalue weighted by Crippen LogP contribution is 2.22. The SMILES string of the molecule is Cc1cc(/C=C(/C#N)C(=O)Nc2cccc(C(=O)O)c2)c(C)n1-c1cccnc1. The molecule has 2 aromatic heterocycles. The first-order valence-corrected chi connectivity index (χ1v) is 8.76. The molecule has 1 aromatic carbocycles. The number of hydrogen-bond acceptors (Lipinski definition) is 4. The van der Waals surface area contributed by atoms with E-state index in [2.05, 4.69) is 10.3 Å². The summed E-state index contributed by atoms with van der Waals surface area (Å²) >= 11 is 0. The molecule has 1 amide bonds. The molecule has 0 aliphatic carbocycles. The maximum atomic E-state index is 12.5. The molecule has 0 saturated heterocycles. The summed E-state index contributed by atoms with van der Waals surface area (Å²) in [5.74, 6) is -1.71. The average Bonchev–Trinajstić information content (AvgIpc) is 2.99. The standard InChI is InChI=1S/C22H18N4O3/c1-14-9-17(15(2)26(14)20-7-4-8-24-13-20)10-18(12-23)21(27)25-19-6-3-5-16(11-19)22(28)29/h3-11,13H,1-2H3,(H,25,27)(H,28,29)/b18-10-. The maximum absolute atomic E-state index is 12.5. The third kappa shape index (κ3) is 4.22. The molecule has 0 unspecified atom stereocenters. The number of nitrogens with zero attached hydrogens (tertiary/aromatic N) is 3. The van der Waals surface area contributed by atoms with Crippen LogP contribution in [0.15, 0.2) is 60.4 Å². The van der Waals surface area contributed by atoms with Crippen LogP contribution in [-0.2, 0) is 4.79 Å². The van der Waals surface area contributed by atoms with Gasteiger partial charge >= 0.3 is 5.97 Å². The van der Waals surface area contributed by atoms with Crippen LogP contribution in [-0.4, -0.2) is 26.5 Å². The molecule has 29 heavy (non-hydrogen) atoms. The first-order valence-electron chi connectivity index (χ1n) is 8.76. The molecule has 0 bridgehead atoms. The number of benzene rings is 1. The smallest absolute Gasteiger partial charge is 0.335 e. The number of carboxylic acids is 1. The molecule has 3 aromatic rings. The van der Waals surface area contributed by atoms with E-state index in [-0.39, 0.29) is 11.1 Å². The number of carboxylic acid groups (broad SMARTS) is 1. The average molecular weight is 386 g/mol. The van der Waals surface area contributed by atoms with Gasteiger partial charge in [0.15, 0.2) is 0 Å². The fourth-order valence-corrected chi connectivity index (χ4v) is 3.05. The van der Waals surface area contributed by atoms with Crippen LogP contribution in [0, 0.1) is 25.2 Å². The van der Waals surface area contributed by atoms with Crippen molar-refractivity contribution in [1.29, 1.82) is 5.26 Å². The number of carbonyl (C=O) groups is 2. The van der Waals surface area contributed by atoms with Crippen molar-refractivity contribution < 1.29 is 14.7 Å². The minimum absolute atomic E-state index is 0.0466. The van der Waals surface area contributed by atoms with Gasteiger partial charge in [-0.2, -0.15) is 5.26 Å². The Morgan fingerprint density at radius 3 is 2.66 bits per heavy atom. The first kappa shape index (κ1) is 19.6. The number of aromatic nitrogens is 2. The third-order valence-electron chi connectivity index (χ3n) is 4.41. The number of rotatable bonds is 5. The Labute approximate surface area is 167 Å². The van der Waals surface area contributed by atoms with Gasteiger partial charge in [-0.3, -0.25) is 9.78 Å². The minimum Gasteiger partial charge on any atom is -0.478 e. The van der Waals surface area contributed by atoms with Gasteiger partial charge in [0.25, 0.3) is 5.91 Å². The van der Waals surface area contributed by atoms with E-state index in [0.717, 1.165) is 22.6 Å².